The Morgan fingerprint density at radius 1 is 1.17 bits per heavy atom. The van der Waals surface area contributed by atoms with Crippen LogP contribution in [0.3, 0.4) is 0 Å². The number of hydrogen-bond donors (Lipinski definition) is 1. The van der Waals surface area contributed by atoms with E-state index in [1.165, 1.54) is 11.8 Å². The Morgan fingerprint density at radius 3 is 2.87 bits per heavy atom. The van der Waals surface area contributed by atoms with Crippen LogP contribution in [0.2, 0.25) is 0 Å². The molecule has 7 heteroatoms. The minimum atomic E-state index is -0.260. The molecule has 0 saturated heterocycles. The topological polar surface area (TPSA) is 69.0 Å². The molecule has 0 bridgehead atoms. The number of rotatable bonds is 7. The van der Waals surface area contributed by atoms with Crippen LogP contribution in [-0.2, 0) is 4.84 Å². The standard InChI is InChI=1S/C23H20N4O2S/c1-2-29-26-23(28)20-8-3-4-9-22(20)30-19-11-10-17-16-25-27(21(17)15-19)14-12-18-7-5-6-13-24-18/h3-16H,2H2,1H3,(H,26,28). The van der Waals surface area contributed by atoms with Crippen molar-refractivity contribution < 1.29 is 9.63 Å². The van der Waals surface area contributed by atoms with E-state index in [1.54, 1.807) is 12.3 Å². The number of fused-ring (bicyclic) bond motifs is 1. The van der Waals surface area contributed by atoms with E-state index in [-0.39, 0.29) is 5.91 Å². The maximum atomic E-state index is 12.4. The molecule has 30 heavy (non-hydrogen) atoms. The summed E-state index contributed by atoms with van der Waals surface area (Å²) >= 11 is 1.52. The van der Waals surface area contributed by atoms with Crippen LogP contribution in [0.15, 0.2) is 82.8 Å². The van der Waals surface area contributed by atoms with Gasteiger partial charge in [-0.05, 0) is 49.4 Å². The molecule has 0 saturated carbocycles. The molecule has 0 aliphatic rings. The summed E-state index contributed by atoms with van der Waals surface area (Å²) in [6.07, 6.45) is 7.40. The van der Waals surface area contributed by atoms with Crippen molar-refractivity contribution >= 4 is 40.8 Å². The van der Waals surface area contributed by atoms with Crippen LogP contribution in [0.1, 0.15) is 23.0 Å². The summed E-state index contributed by atoms with van der Waals surface area (Å²) in [5, 5.41) is 5.48. The van der Waals surface area contributed by atoms with Gasteiger partial charge in [-0.2, -0.15) is 5.10 Å². The lowest BCUT2D eigenvalue weighted by Gasteiger charge is -2.09. The summed E-state index contributed by atoms with van der Waals surface area (Å²) in [6.45, 7) is 2.23. The molecule has 0 radical (unpaired) electrons. The fourth-order valence-corrected chi connectivity index (χ4v) is 3.86. The third-order valence-electron chi connectivity index (χ3n) is 4.31. The highest BCUT2D eigenvalue weighted by Crippen LogP contribution is 2.32. The van der Waals surface area contributed by atoms with Gasteiger partial charge in [-0.1, -0.05) is 36.0 Å². The SMILES string of the molecule is CCONC(=O)c1ccccc1Sc1ccc2cnn(C=Cc3ccccn3)c2c1. The number of aromatic nitrogens is 3. The van der Waals surface area contributed by atoms with Gasteiger partial charge in [0.15, 0.2) is 0 Å². The summed E-state index contributed by atoms with van der Waals surface area (Å²) in [4.78, 5) is 23.6. The molecule has 2 heterocycles. The minimum Gasteiger partial charge on any atom is -0.274 e. The zero-order valence-corrected chi connectivity index (χ0v) is 17.2. The first-order chi connectivity index (χ1) is 14.7. The molecule has 0 aliphatic heterocycles. The highest BCUT2D eigenvalue weighted by molar-refractivity contribution is 7.99. The number of carbonyl (C=O) groups excluding carboxylic acids is 1. The van der Waals surface area contributed by atoms with Gasteiger partial charge in [-0.25, -0.2) is 10.2 Å². The Balaban J connectivity index is 1.61. The van der Waals surface area contributed by atoms with Gasteiger partial charge in [-0.3, -0.25) is 14.6 Å². The number of benzene rings is 2. The van der Waals surface area contributed by atoms with E-state index < -0.39 is 0 Å². The number of nitrogens with zero attached hydrogens (tertiary/aromatic N) is 3. The Labute approximate surface area is 178 Å². The van der Waals surface area contributed by atoms with Gasteiger partial charge in [-0.15, -0.1) is 0 Å². The molecule has 1 N–H and O–H groups in total. The number of carbonyl (C=O) groups is 1. The highest BCUT2D eigenvalue weighted by Gasteiger charge is 2.12. The highest BCUT2D eigenvalue weighted by atomic mass is 32.2. The summed E-state index contributed by atoms with van der Waals surface area (Å²) in [7, 11) is 0. The van der Waals surface area contributed by atoms with Crippen LogP contribution in [0.25, 0.3) is 23.2 Å². The molecule has 0 fully saturated rings. The van der Waals surface area contributed by atoms with E-state index in [0.29, 0.717) is 12.2 Å². The lowest BCUT2D eigenvalue weighted by atomic mass is 10.2. The maximum Gasteiger partial charge on any atom is 0.275 e. The van der Waals surface area contributed by atoms with Crippen LogP contribution < -0.4 is 5.48 Å². The zero-order chi connectivity index (χ0) is 20.8. The summed E-state index contributed by atoms with van der Waals surface area (Å²) in [6, 6.07) is 19.4. The minimum absolute atomic E-state index is 0.260. The molecule has 0 unspecified atom stereocenters. The average Bonchev–Trinajstić information content (AvgIpc) is 3.19. The fourth-order valence-electron chi connectivity index (χ4n) is 2.88. The van der Waals surface area contributed by atoms with E-state index in [2.05, 4.69) is 21.6 Å². The maximum absolute atomic E-state index is 12.4. The summed E-state index contributed by atoms with van der Waals surface area (Å²) < 4.78 is 1.82. The lowest BCUT2D eigenvalue weighted by molar-refractivity contribution is 0.0362. The smallest absolute Gasteiger partial charge is 0.274 e. The zero-order valence-electron chi connectivity index (χ0n) is 16.4. The average molecular weight is 417 g/mol. The Hall–Kier alpha value is -3.42. The van der Waals surface area contributed by atoms with E-state index in [1.807, 2.05) is 78.6 Å². The van der Waals surface area contributed by atoms with Crippen LogP contribution in [0.5, 0.6) is 0 Å². The van der Waals surface area contributed by atoms with Gasteiger partial charge < -0.3 is 0 Å². The number of hydroxylamine groups is 1. The van der Waals surface area contributed by atoms with Crippen LogP contribution in [-0.4, -0.2) is 27.3 Å². The van der Waals surface area contributed by atoms with Gasteiger partial charge in [0.05, 0.1) is 29.6 Å². The van der Waals surface area contributed by atoms with Crippen molar-refractivity contribution in [3.63, 3.8) is 0 Å². The molecule has 0 aliphatic carbocycles. The van der Waals surface area contributed by atoms with E-state index in [0.717, 1.165) is 26.4 Å². The molecule has 4 aromatic rings. The molecular formula is C23H20N4O2S. The molecule has 150 valence electrons. The molecular weight excluding hydrogens is 396 g/mol. The van der Waals surface area contributed by atoms with Crippen molar-refractivity contribution in [2.45, 2.75) is 16.7 Å². The quantitative estimate of drug-likeness (QED) is 0.434. The number of hydrogen-bond acceptors (Lipinski definition) is 5. The Morgan fingerprint density at radius 2 is 2.03 bits per heavy atom. The van der Waals surface area contributed by atoms with Gasteiger partial charge in [0.25, 0.3) is 5.91 Å². The summed E-state index contributed by atoms with van der Waals surface area (Å²) in [5.41, 5.74) is 4.87. The first-order valence-electron chi connectivity index (χ1n) is 9.50. The number of pyridine rings is 1. The second-order valence-corrected chi connectivity index (χ2v) is 7.46. The van der Waals surface area contributed by atoms with Crippen LogP contribution >= 0.6 is 11.8 Å². The van der Waals surface area contributed by atoms with Crippen molar-refractivity contribution in [3.05, 3.63) is 84.3 Å². The van der Waals surface area contributed by atoms with E-state index in [4.69, 9.17) is 4.84 Å². The van der Waals surface area contributed by atoms with E-state index >= 15 is 0 Å². The van der Waals surface area contributed by atoms with Crippen LogP contribution in [0.4, 0.5) is 0 Å². The van der Waals surface area contributed by atoms with Gasteiger partial charge in [0.1, 0.15) is 0 Å². The normalized spacial score (nSPS) is 11.2. The molecule has 0 spiro atoms. The molecule has 0 atom stereocenters. The molecule has 2 aromatic carbocycles. The van der Waals surface area contributed by atoms with Crippen molar-refractivity contribution in [1.29, 1.82) is 0 Å². The second kappa shape index (κ2) is 9.39. The first kappa shape index (κ1) is 19.9. The van der Waals surface area contributed by atoms with Crippen molar-refractivity contribution in [2.75, 3.05) is 6.61 Å². The predicted octanol–water partition coefficient (Wildman–Crippen LogP) is 4.89. The summed E-state index contributed by atoms with van der Waals surface area (Å²) in [5.74, 6) is -0.260. The van der Waals surface area contributed by atoms with Gasteiger partial charge in [0.2, 0.25) is 0 Å². The first-order valence-corrected chi connectivity index (χ1v) is 10.3. The third kappa shape index (κ3) is 4.59. The largest absolute Gasteiger partial charge is 0.275 e. The van der Waals surface area contributed by atoms with Crippen molar-refractivity contribution in [3.8, 4) is 0 Å². The van der Waals surface area contributed by atoms with Crippen LogP contribution in [0, 0.1) is 0 Å². The predicted molar refractivity (Wildman–Crippen MR) is 119 cm³/mol. The van der Waals surface area contributed by atoms with Crippen molar-refractivity contribution in [1.82, 2.24) is 20.2 Å². The van der Waals surface area contributed by atoms with Gasteiger partial charge in [0, 0.05) is 27.6 Å². The molecule has 2 aromatic heterocycles. The fraction of sp³-hybridized carbons (Fsp3) is 0.0870. The van der Waals surface area contributed by atoms with E-state index in [9.17, 15) is 4.79 Å². The second-order valence-electron chi connectivity index (χ2n) is 6.34. The Kier molecular flexibility index (Phi) is 6.22. The van der Waals surface area contributed by atoms with Crippen molar-refractivity contribution in [2.24, 2.45) is 0 Å². The lowest BCUT2D eigenvalue weighted by Crippen LogP contribution is -2.24. The van der Waals surface area contributed by atoms with Gasteiger partial charge >= 0.3 is 0 Å². The number of nitrogens with one attached hydrogen (secondary N) is 1. The monoisotopic (exact) mass is 416 g/mol. The third-order valence-corrected chi connectivity index (χ3v) is 5.38. The molecule has 6 nitrogen and oxygen atoms in total. The molecule has 4 rings (SSSR count). The molecule has 1 amide bonds. The number of amides is 1. The Bertz CT molecular complexity index is 1190.